The summed E-state index contributed by atoms with van der Waals surface area (Å²) in [4.78, 5) is 27.3. The van der Waals surface area contributed by atoms with Gasteiger partial charge in [0, 0.05) is 38.6 Å². The molecule has 1 aliphatic rings. The summed E-state index contributed by atoms with van der Waals surface area (Å²) in [5.41, 5.74) is 0.898. The fourth-order valence-electron chi connectivity index (χ4n) is 3.06. The lowest BCUT2D eigenvalue weighted by atomic mass is 10.0. The second kappa shape index (κ2) is 8.24. The van der Waals surface area contributed by atoms with Gasteiger partial charge in [-0.25, -0.2) is 4.39 Å². The van der Waals surface area contributed by atoms with Crippen LogP contribution in [0.25, 0.3) is 0 Å². The minimum absolute atomic E-state index is 0.0128. The van der Waals surface area contributed by atoms with E-state index in [1.165, 1.54) is 12.1 Å². The van der Waals surface area contributed by atoms with E-state index in [0.29, 0.717) is 32.6 Å². The van der Waals surface area contributed by atoms with Crippen molar-refractivity contribution in [3.63, 3.8) is 0 Å². The molecule has 0 aliphatic carbocycles. The maximum absolute atomic E-state index is 13.1. The van der Waals surface area contributed by atoms with E-state index in [0.717, 1.165) is 5.56 Å². The molecule has 1 N–H and O–H groups in total. The van der Waals surface area contributed by atoms with Crippen LogP contribution >= 0.6 is 0 Å². The van der Waals surface area contributed by atoms with Crippen molar-refractivity contribution in [1.29, 1.82) is 0 Å². The molecule has 2 rings (SSSR count). The van der Waals surface area contributed by atoms with Crippen LogP contribution in [0.2, 0.25) is 0 Å². The number of carbonyl (C=O) groups is 2. The molecular formula is C18H25FN2O3. The van der Waals surface area contributed by atoms with Crippen molar-refractivity contribution in [2.24, 2.45) is 5.92 Å². The quantitative estimate of drug-likeness (QED) is 0.866. The first kappa shape index (κ1) is 18.4. The van der Waals surface area contributed by atoms with E-state index in [1.54, 1.807) is 12.1 Å². The van der Waals surface area contributed by atoms with E-state index in [2.05, 4.69) is 18.7 Å². The molecule has 1 aliphatic heterocycles. The monoisotopic (exact) mass is 336 g/mol. The predicted octanol–water partition coefficient (Wildman–Crippen LogP) is 2.36. The molecule has 5 nitrogen and oxygen atoms in total. The number of hydrogen-bond donors (Lipinski definition) is 1. The molecule has 0 bridgehead atoms. The van der Waals surface area contributed by atoms with E-state index < -0.39 is 5.97 Å². The van der Waals surface area contributed by atoms with Crippen LogP contribution in [0.4, 0.5) is 4.39 Å². The molecule has 0 aromatic heterocycles. The van der Waals surface area contributed by atoms with Gasteiger partial charge in [-0.2, -0.15) is 0 Å². The number of hydrogen-bond acceptors (Lipinski definition) is 3. The van der Waals surface area contributed by atoms with Crippen molar-refractivity contribution >= 4 is 11.9 Å². The van der Waals surface area contributed by atoms with Gasteiger partial charge in [0.1, 0.15) is 5.82 Å². The van der Waals surface area contributed by atoms with Gasteiger partial charge in [0.05, 0.1) is 6.42 Å². The van der Waals surface area contributed by atoms with E-state index >= 15 is 0 Å². The van der Waals surface area contributed by atoms with Gasteiger partial charge in [-0.3, -0.25) is 9.59 Å². The first-order valence-electron chi connectivity index (χ1n) is 8.35. The van der Waals surface area contributed by atoms with Gasteiger partial charge in [-0.1, -0.05) is 26.0 Å². The number of carboxylic acids is 1. The number of carbonyl (C=O) groups excluding carboxylic acids is 1. The Morgan fingerprint density at radius 2 is 2.00 bits per heavy atom. The summed E-state index contributed by atoms with van der Waals surface area (Å²) >= 11 is 0. The van der Waals surface area contributed by atoms with Crippen LogP contribution < -0.4 is 0 Å². The average molecular weight is 336 g/mol. The van der Waals surface area contributed by atoms with Crippen molar-refractivity contribution in [3.8, 4) is 0 Å². The van der Waals surface area contributed by atoms with E-state index in [9.17, 15) is 14.0 Å². The van der Waals surface area contributed by atoms with Gasteiger partial charge in [-0.05, 0) is 23.6 Å². The van der Waals surface area contributed by atoms with Crippen molar-refractivity contribution in [2.45, 2.75) is 39.3 Å². The maximum Gasteiger partial charge on any atom is 0.304 e. The fourth-order valence-corrected chi connectivity index (χ4v) is 3.06. The van der Waals surface area contributed by atoms with E-state index in [-0.39, 0.29) is 30.1 Å². The highest BCUT2D eigenvalue weighted by molar-refractivity contribution is 5.77. The first-order chi connectivity index (χ1) is 11.4. The van der Waals surface area contributed by atoms with Crippen LogP contribution in [0.3, 0.4) is 0 Å². The Bertz CT molecular complexity index is 574. The Morgan fingerprint density at radius 1 is 1.33 bits per heavy atom. The predicted molar refractivity (Wildman–Crippen MR) is 88.9 cm³/mol. The van der Waals surface area contributed by atoms with Gasteiger partial charge in [-0.15, -0.1) is 0 Å². The standard InChI is InChI=1S/C18H25FN2O3/c1-13(2)16-12-20(10-8-18(23)24)9-7-17(22)21(16)11-14-3-5-15(19)6-4-14/h3-6,13,16H,7-12H2,1-2H3,(H,23,24). The van der Waals surface area contributed by atoms with Crippen LogP contribution in [-0.4, -0.2) is 52.5 Å². The highest BCUT2D eigenvalue weighted by Gasteiger charge is 2.31. The molecule has 0 saturated carbocycles. The zero-order chi connectivity index (χ0) is 17.7. The Morgan fingerprint density at radius 3 is 2.58 bits per heavy atom. The van der Waals surface area contributed by atoms with E-state index in [4.69, 9.17) is 5.11 Å². The highest BCUT2D eigenvalue weighted by atomic mass is 19.1. The van der Waals surface area contributed by atoms with Crippen LogP contribution in [-0.2, 0) is 16.1 Å². The second-order valence-electron chi connectivity index (χ2n) is 6.65. The lowest BCUT2D eigenvalue weighted by Crippen LogP contribution is -2.46. The normalized spacial score (nSPS) is 19.6. The molecular weight excluding hydrogens is 311 g/mol. The molecule has 1 fully saturated rings. The van der Waals surface area contributed by atoms with Crippen molar-refractivity contribution in [3.05, 3.63) is 35.6 Å². The molecule has 1 heterocycles. The molecule has 1 unspecified atom stereocenters. The number of aliphatic carboxylic acids is 1. The molecule has 24 heavy (non-hydrogen) atoms. The molecule has 0 radical (unpaired) electrons. The first-order valence-corrected chi connectivity index (χ1v) is 8.35. The third kappa shape index (κ3) is 5.03. The number of halogens is 1. The number of carboxylic acid groups (broad SMARTS) is 1. The SMILES string of the molecule is CC(C)C1CN(CCC(=O)O)CCC(=O)N1Cc1ccc(F)cc1. The Hall–Kier alpha value is -1.95. The van der Waals surface area contributed by atoms with Crippen LogP contribution in [0.15, 0.2) is 24.3 Å². The van der Waals surface area contributed by atoms with Crippen molar-refractivity contribution in [1.82, 2.24) is 9.80 Å². The third-order valence-corrected chi connectivity index (χ3v) is 4.49. The zero-order valence-electron chi connectivity index (χ0n) is 14.2. The molecule has 6 heteroatoms. The minimum atomic E-state index is -0.824. The summed E-state index contributed by atoms with van der Waals surface area (Å²) in [5.74, 6) is -0.799. The number of nitrogens with zero attached hydrogens (tertiary/aromatic N) is 2. The Labute approximate surface area is 142 Å². The third-order valence-electron chi connectivity index (χ3n) is 4.49. The maximum atomic E-state index is 13.1. The number of amides is 1. The second-order valence-corrected chi connectivity index (χ2v) is 6.65. The van der Waals surface area contributed by atoms with Crippen LogP contribution in [0.5, 0.6) is 0 Å². The largest absolute Gasteiger partial charge is 0.481 e. The summed E-state index contributed by atoms with van der Waals surface area (Å²) in [6, 6.07) is 6.22. The number of benzene rings is 1. The molecule has 1 saturated heterocycles. The molecule has 0 spiro atoms. The summed E-state index contributed by atoms with van der Waals surface area (Å²) < 4.78 is 13.1. The van der Waals surface area contributed by atoms with Gasteiger partial charge in [0.15, 0.2) is 0 Å². The molecule has 1 aromatic carbocycles. The lowest BCUT2D eigenvalue weighted by Gasteiger charge is -2.34. The van der Waals surface area contributed by atoms with Gasteiger partial charge in [0.25, 0.3) is 0 Å². The summed E-state index contributed by atoms with van der Waals surface area (Å²) in [6.07, 6.45) is 0.459. The summed E-state index contributed by atoms with van der Waals surface area (Å²) in [6.45, 7) is 6.28. The molecule has 1 amide bonds. The molecule has 1 atom stereocenters. The fraction of sp³-hybridized carbons (Fsp3) is 0.556. The zero-order valence-corrected chi connectivity index (χ0v) is 14.2. The van der Waals surface area contributed by atoms with Crippen LogP contribution in [0.1, 0.15) is 32.3 Å². The molecule has 1 aromatic rings. The van der Waals surface area contributed by atoms with Crippen molar-refractivity contribution < 1.29 is 19.1 Å². The van der Waals surface area contributed by atoms with Crippen molar-refractivity contribution in [2.75, 3.05) is 19.6 Å². The lowest BCUT2D eigenvalue weighted by molar-refractivity contribution is -0.137. The van der Waals surface area contributed by atoms with Gasteiger partial charge in [0.2, 0.25) is 5.91 Å². The summed E-state index contributed by atoms with van der Waals surface area (Å²) in [5, 5.41) is 8.88. The molecule has 132 valence electrons. The average Bonchev–Trinajstić information content (AvgIpc) is 2.68. The number of rotatable bonds is 6. The minimum Gasteiger partial charge on any atom is -0.481 e. The highest BCUT2D eigenvalue weighted by Crippen LogP contribution is 2.21. The topological polar surface area (TPSA) is 60.9 Å². The Kier molecular flexibility index (Phi) is 6.31. The van der Waals surface area contributed by atoms with Gasteiger partial charge >= 0.3 is 5.97 Å². The van der Waals surface area contributed by atoms with Crippen LogP contribution in [0, 0.1) is 11.7 Å². The smallest absolute Gasteiger partial charge is 0.304 e. The summed E-state index contributed by atoms with van der Waals surface area (Å²) in [7, 11) is 0. The van der Waals surface area contributed by atoms with E-state index in [1.807, 2.05) is 4.90 Å². The van der Waals surface area contributed by atoms with Gasteiger partial charge < -0.3 is 14.9 Å². The Balaban J connectivity index is 2.13.